The number of nitrogens with zero attached hydrogens (tertiary/aromatic N) is 1. The van der Waals surface area contributed by atoms with Crippen LogP contribution >= 0.6 is 11.6 Å². The second-order valence-corrected chi connectivity index (χ2v) is 4.66. The van der Waals surface area contributed by atoms with E-state index in [1.165, 1.54) is 31.4 Å². The Morgan fingerprint density at radius 3 is 2.59 bits per heavy atom. The van der Waals surface area contributed by atoms with Crippen molar-refractivity contribution < 1.29 is 18.8 Å². The molecule has 0 fully saturated rings. The quantitative estimate of drug-likeness (QED) is 0.523. The average molecular weight is 325 g/mol. The Kier molecular flexibility index (Phi) is 4.57. The van der Waals surface area contributed by atoms with E-state index in [0.29, 0.717) is 5.02 Å². The van der Waals surface area contributed by atoms with Crippen molar-refractivity contribution in [2.24, 2.45) is 0 Å². The van der Waals surface area contributed by atoms with Gasteiger partial charge in [-0.2, -0.15) is 0 Å². The Morgan fingerprint density at radius 2 is 1.95 bits per heavy atom. The molecule has 0 aliphatic rings. The van der Waals surface area contributed by atoms with E-state index in [4.69, 9.17) is 11.6 Å². The molecule has 22 heavy (non-hydrogen) atoms. The number of nitro benzene ring substituents is 1. The minimum Gasteiger partial charge on any atom is -0.465 e. The fourth-order valence-corrected chi connectivity index (χ4v) is 1.98. The van der Waals surface area contributed by atoms with Gasteiger partial charge in [0, 0.05) is 5.02 Å². The monoisotopic (exact) mass is 324 g/mol. The predicted octanol–water partition coefficient (Wildman–Crippen LogP) is 3.92. The van der Waals surface area contributed by atoms with E-state index in [-0.39, 0.29) is 16.9 Å². The molecule has 0 saturated carbocycles. The molecule has 0 amide bonds. The first kappa shape index (κ1) is 15.7. The first-order valence-electron chi connectivity index (χ1n) is 6.01. The van der Waals surface area contributed by atoms with Crippen molar-refractivity contribution in [3.8, 4) is 0 Å². The standard InChI is InChI=1S/C14H10ClFN2O4/c1-22-14(19)10-6-8(15)2-4-11(10)17-12-5-3-9(16)7-13(12)18(20)21/h2-7,17H,1H3. The lowest BCUT2D eigenvalue weighted by molar-refractivity contribution is -0.384. The van der Waals surface area contributed by atoms with Crippen LogP contribution in [0.4, 0.5) is 21.5 Å². The number of carbonyl (C=O) groups is 1. The number of rotatable bonds is 4. The van der Waals surface area contributed by atoms with Crippen LogP contribution in [-0.4, -0.2) is 18.0 Å². The molecule has 2 aromatic carbocycles. The summed E-state index contributed by atoms with van der Waals surface area (Å²) in [6.07, 6.45) is 0. The summed E-state index contributed by atoms with van der Waals surface area (Å²) < 4.78 is 17.8. The van der Waals surface area contributed by atoms with Crippen molar-refractivity contribution in [1.82, 2.24) is 0 Å². The highest BCUT2D eigenvalue weighted by Gasteiger charge is 2.18. The number of benzene rings is 2. The SMILES string of the molecule is COC(=O)c1cc(Cl)ccc1Nc1ccc(F)cc1[N+](=O)[O-]. The molecule has 0 aliphatic heterocycles. The summed E-state index contributed by atoms with van der Waals surface area (Å²) >= 11 is 5.83. The van der Waals surface area contributed by atoms with Gasteiger partial charge in [-0.05, 0) is 30.3 Å². The van der Waals surface area contributed by atoms with Crippen LogP contribution in [0, 0.1) is 15.9 Å². The lowest BCUT2D eigenvalue weighted by atomic mass is 10.1. The number of ether oxygens (including phenoxy) is 1. The summed E-state index contributed by atoms with van der Waals surface area (Å²) in [5.74, 6) is -1.39. The van der Waals surface area contributed by atoms with Crippen LogP contribution in [0.25, 0.3) is 0 Å². The van der Waals surface area contributed by atoms with Gasteiger partial charge in [0.1, 0.15) is 11.5 Å². The molecule has 114 valence electrons. The van der Waals surface area contributed by atoms with Crippen molar-refractivity contribution in [3.05, 3.63) is 62.9 Å². The van der Waals surface area contributed by atoms with Gasteiger partial charge in [-0.25, -0.2) is 9.18 Å². The minimum atomic E-state index is -0.735. The second-order valence-electron chi connectivity index (χ2n) is 4.23. The summed E-state index contributed by atoms with van der Waals surface area (Å²) in [6.45, 7) is 0. The maximum absolute atomic E-state index is 13.1. The first-order valence-corrected chi connectivity index (χ1v) is 6.39. The number of esters is 1. The zero-order valence-electron chi connectivity index (χ0n) is 11.3. The molecule has 0 saturated heterocycles. The summed E-state index contributed by atoms with van der Waals surface area (Å²) in [5, 5.41) is 14.0. The molecule has 0 heterocycles. The number of nitrogens with one attached hydrogen (secondary N) is 1. The lowest BCUT2D eigenvalue weighted by Gasteiger charge is -2.11. The normalized spacial score (nSPS) is 10.1. The number of halogens is 2. The maximum atomic E-state index is 13.1. The molecule has 0 aliphatic carbocycles. The Balaban J connectivity index is 2.48. The van der Waals surface area contributed by atoms with Gasteiger partial charge in [0.25, 0.3) is 5.69 Å². The highest BCUT2D eigenvalue weighted by molar-refractivity contribution is 6.31. The van der Waals surface area contributed by atoms with Crippen LogP contribution < -0.4 is 5.32 Å². The lowest BCUT2D eigenvalue weighted by Crippen LogP contribution is -2.06. The van der Waals surface area contributed by atoms with E-state index in [1.54, 1.807) is 0 Å². The first-order chi connectivity index (χ1) is 10.4. The number of methoxy groups -OCH3 is 1. The molecule has 2 rings (SSSR count). The van der Waals surface area contributed by atoms with Gasteiger partial charge in [0.05, 0.1) is 29.4 Å². The van der Waals surface area contributed by atoms with Crippen LogP contribution in [0.2, 0.25) is 5.02 Å². The topological polar surface area (TPSA) is 81.5 Å². The van der Waals surface area contributed by atoms with Crippen LogP contribution in [0.3, 0.4) is 0 Å². The fourth-order valence-electron chi connectivity index (χ4n) is 1.81. The molecule has 0 aromatic heterocycles. The second kappa shape index (κ2) is 6.40. The molecule has 1 N–H and O–H groups in total. The Hall–Kier alpha value is -2.67. The largest absolute Gasteiger partial charge is 0.465 e. The molecule has 6 nitrogen and oxygen atoms in total. The average Bonchev–Trinajstić information content (AvgIpc) is 2.49. The molecule has 2 aromatic rings. The maximum Gasteiger partial charge on any atom is 0.340 e. The van der Waals surface area contributed by atoms with E-state index >= 15 is 0 Å². The molecular weight excluding hydrogens is 315 g/mol. The molecule has 8 heteroatoms. The van der Waals surface area contributed by atoms with Gasteiger partial charge in [0.2, 0.25) is 0 Å². The summed E-state index contributed by atoms with van der Waals surface area (Å²) in [6, 6.07) is 7.42. The predicted molar refractivity (Wildman–Crippen MR) is 79.1 cm³/mol. The van der Waals surface area contributed by atoms with Crippen molar-refractivity contribution >= 4 is 34.6 Å². The van der Waals surface area contributed by atoms with Crippen molar-refractivity contribution in [2.45, 2.75) is 0 Å². The van der Waals surface area contributed by atoms with Gasteiger partial charge in [-0.3, -0.25) is 10.1 Å². The smallest absolute Gasteiger partial charge is 0.340 e. The molecular formula is C14H10ClFN2O4. The summed E-state index contributed by atoms with van der Waals surface area (Å²) in [5.41, 5.74) is -0.0516. The third kappa shape index (κ3) is 3.32. The summed E-state index contributed by atoms with van der Waals surface area (Å²) in [4.78, 5) is 22.0. The fraction of sp³-hybridized carbons (Fsp3) is 0.0714. The molecule has 0 bridgehead atoms. The number of anilines is 2. The molecule has 0 unspecified atom stereocenters. The van der Waals surface area contributed by atoms with Crippen LogP contribution in [-0.2, 0) is 4.74 Å². The highest BCUT2D eigenvalue weighted by atomic mass is 35.5. The van der Waals surface area contributed by atoms with Crippen molar-refractivity contribution in [2.75, 3.05) is 12.4 Å². The third-order valence-corrected chi connectivity index (χ3v) is 3.05. The van der Waals surface area contributed by atoms with Gasteiger partial charge in [-0.15, -0.1) is 0 Å². The van der Waals surface area contributed by atoms with Gasteiger partial charge in [0.15, 0.2) is 0 Å². The number of hydrogen-bond acceptors (Lipinski definition) is 5. The van der Waals surface area contributed by atoms with Gasteiger partial charge < -0.3 is 10.1 Å². The van der Waals surface area contributed by atoms with E-state index in [0.717, 1.165) is 12.1 Å². The molecule has 0 radical (unpaired) electrons. The van der Waals surface area contributed by atoms with Crippen LogP contribution in [0.15, 0.2) is 36.4 Å². The molecule has 0 atom stereocenters. The zero-order valence-corrected chi connectivity index (χ0v) is 12.1. The number of hydrogen-bond donors (Lipinski definition) is 1. The Morgan fingerprint density at radius 1 is 1.27 bits per heavy atom. The van der Waals surface area contributed by atoms with Gasteiger partial charge >= 0.3 is 5.97 Å². The van der Waals surface area contributed by atoms with Crippen LogP contribution in [0.5, 0.6) is 0 Å². The third-order valence-electron chi connectivity index (χ3n) is 2.81. The van der Waals surface area contributed by atoms with E-state index < -0.39 is 22.4 Å². The van der Waals surface area contributed by atoms with Crippen molar-refractivity contribution in [3.63, 3.8) is 0 Å². The Bertz CT molecular complexity index is 752. The van der Waals surface area contributed by atoms with Crippen molar-refractivity contribution in [1.29, 1.82) is 0 Å². The van der Waals surface area contributed by atoms with E-state index in [1.807, 2.05) is 0 Å². The summed E-state index contributed by atoms with van der Waals surface area (Å²) in [7, 11) is 1.20. The van der Waals surface area contributed by atoms with E-state index in [9.17, 15) is 19.3 Å². The Labute approximate surface area is 129 Å². The van der Waals surface area contributed by atoms with E-state index in [2.05, 4.69) is 10.1 Å². The van der Waals surface area contributed by atoms with Gasteiger partial charge in [-0.1, -0.05) is 11.6 Å². The van der Waals surface area contributed by atoms with Crippen LogP contribution in [0.1, 0.15) is 10.4 Å². The highest BCUT2D eigenvalue weighted by Crippen LogP contribution is 2.31. The minimum absolute atomic E-state index is 0.0406. The molecule has 0 spiro atoms. The zero-order chi connectivity index (χ0) is 16.3. The number of nitro groups is 1. The number of carbonyl (C=O) groups excluding carboxylic acids is 1.